The van der Waals surface area contributed by atoms with E-state index in [0.29, 0.717) is 0 Å². The van der Waals surface area contributed by atoms with E-state index in [1.54, 1.807) is 0 Å². The first kappa shape index (κ1) is 8.05. The summed E-state index contributed by atoms with van der Waals surface area (Å²) < 4.78 is 1.53. The normalized spacial score (nSPS) is 10.7. The van der Waals surface area contributed by atoms with Crippen LogP contribution < -0.4 is 0 Å². The average Bonchev–Trinajstić information content (AvgIpc) is 2.82. The smallest absolute Gasteiger partial charge is 0.157 e. The molecule has 0 spiro atoms. The van der Waals surface area contributed by atoms with Crippen molar-refractivity contribution in [2.75, 3.05) is 0 Å². The molecular formula is C10H7N5. The molecule has 0 fully saturated rings. The lowest BCUT2D eigenvalue weighted by molar-refractivity contribution is 0.774. The molecule has 2 heterocycles. The molecule has 0 atom stereocenters. The van der Waals surface area contributed by atoms with Crippen LogP contribution in [0.25, 0.3) is 16.7 Å². The van der Waals surface area contributed by atoms with Crippen LogP contribution in [-0.4, -0.2) is 25.2 Å². The zero-order chi connectivity index (χ0) is 10.1. The van der Waals surface area contributed by atoms with Crippen molar-refractivity contribution in [1.82, 2.24) is 25.2 Å². The second-order valence-corrected chi connectivity index (χ2v) is 3.12. The molecule has 15 heavy (non-hydrogen) atoms. The molecule has 0 unspecified atom stereocenters. The summed E-state index contributed by atoms with van der Waals surface area (Å²) in [7, 11) is 0. The van der Waals surface area contributed by atoms with Crippen LogP contribution in [0.3, 0.4) is 0 Å². The number of aromatic nitrogens is 5. The van der Waals surface area contributed by atoms with Gasteiger partial charge in [-0.25, -0.2) is 4.98 Å². The van der Waals surface area contributed by atoms with Gasteiger partial charge in [0.05, 0.1) is 5.52 Å². The molecule has 0 saturated carbocycles. The molecule has 1 aromatic carbocycles. The highest BCUT2D eigenvalue weighted by atomic mass is 15.5. The van der Waals surface area contributed by atoms with Gasteiger partial charge in [0.1, 0.15) is 6.33 Å². The summed E-state index contributed by atoms with van der Waals surface area (Å²) >= 11 is 0. The number of hydrogen-bond acceptors (Lipinski definition) is 4. The Morgan fingerprint density at radius 3 is 2.80 bits per heavy atom. The number of rotatable bonds is 1. The third kappa shape index (κ3) is 1.34. The molecule has 5 nitrogen and oxygen atoms in total. The highest BCUT2D eigenvalue weighted by molar-refractivity contribution is 5.79. The topological polar surface area (TPSA) is 56.5 Å². The van der Waals surface area contributed by atoms with Crippen molar-refractivity contribution in [3.05, 3.63) is 42.7 Å². The van der Waals surface area contributed by atoms with E-state index in [4.69, 9.17) is 0 Å². The molecule has 3 aromatic rings. The van der Waals surface area contributed by atoms with E-state index in [1.165, 1.54) is 11.0 Å². The van der Waals surface area contributed by atoms with Crippen molar-refractivity contribution in [3.8, 4) is 5.82 Å². The predicted molar refractivity (Wildman–Crippen MR) is 54.5 cm³/mol. The first-order valence-electron chi connectivity index (χ1n) is 4.53. The molecule has 0 aliphatic rings. The second-order valence-electron chi connectivity index (χ2n) is 3.12. The van der Waals surface area contributed by atoms with E-state index in [-0.39, 0.29) is 0 Å². The molecule has 0 radical (unpaired) electrons. The highest BCUT2D eigenvalue weighted by Gasteiger charge is 2.00. The summed E-state index contributed by atoms with van der Waals surface area (Å²) in [6.45, 7) is 0. The van der Waals surface area contributed by atoms with Gasteiger partial charge in [-0.3, -0.25) is 0 Å². The monoisotopic (exact) mass is 197 g/mol. The van der Waals surface area contributed by atoms with Crippen LogP contribution in [0.5, 0.6) is 0 Å². The van der Waals surface area contributed by atoms with Gasteiger partial charge in [-0.1, -0.05) is 18.2 Å². The minimum Gasteiger partial charge on any atom is -0.229 e. The summed E-state index contributed by atoms with van der Waals surface area (Å²) in [6.07, 6.45) is 1.52. The van der Waals surface area contributed by atoms with E-state index < -0.39 is 0 Å². The predicted octanol–water partition coefficient (Wildman–Crippen LogP) is 1.21. The number of nitrogens with zero attached hydrogens (tertiary/aromatic N) is 5. The summed E-state index contributed by atoms with van der Waals surface area (Å²) in [6, 6.07) is 11.8. The minimum absolute atomic E-state index is 0.721. The lowest BCUT2D eigenvalue weighted by Crippen LogP contribution is -1.98. The zero-order valence-electron chi connectivity index (χ0n) is 7.78. The molecule has 2 aromatic heterocycles. The van der Waals surface area contributed by atoms with Gasteiger partial charge in [0.2, 0.25) is 0 Å². The molecule has 0 bridgehead atoms. The van der Waals surface area contributed by atoms with Crippen LogP contribution in [0.15, 0.2) is 42.7 Å². The van der Waals surface area contributed by atoms with E-state index in [0.717, 1.165) is 16.7 Å². The number of hydrogen-bond donors (Lipinski definition) is 0. The zero-order valence-corrected chi connectivity index (χ0v) is 7.78. The lowest BCUT2D eigenvalue weighted by Gasteiger charge is -2.00. The quantitative estimate of drug-likeness (QED) is 0.588. The molecule has 0 aliphatic carbocycles. The van der Waals surface area contributed by atoms with Crippen LogP contribution >= 0.6 is 0 Å². The highest BCUT2D eigenvalue weighted by Crippen LogP contribution is 2.12. The average molecular weight is 197 g/mol. The molecule has 0 saturated heterocycles. The summed E-state index contributed by atoms with van der Waals surface area (Å²) in [5.41, 5.74) is 0.936. The van der Waals surface area contributed by atoms with Crippen molar-refractivity contribution in [2.24, 2.45) is 0 Å². The third-order valence-electron chi connectivity index (χ3n) is 2.17. The fraction of sp³-hybridized carbons (Fsp3) is 0. The summed E-state index contributed by atoms with van der Waals surface area (Å²) in [4.78, 5) is 4.44. The fourth-order valence-electron chi connectivity index (χ4n) is 1.45. The SMILES string of the molecule is c1ccc2nc(-n3cnnn3)ccc2c1. The Hall–Kier alpha value is -2.30. The molecule has 0 amide bonds. The van der Waals surface area contributed by atoms with Gasteiger partial charge in [0.25, 0.3) is 0 Å². The van der Waals surface area contributed by atoms with Crippen molar-refractivity contribution in [3.63, 3.8) is 0 Å². The number of benzene rings is 1. The Balaban J connectivity index is 2.22. The number of para-hydroxylation sites is 1. The van der Waals surface area contributed by atoms with Crippen LogP contribution in [0.2, 0.25) is 0 Å². The Kier molecular flexibility index (Phi) is 1.68. The van der Waals surface area contributed by atoms with E-state index in [2.05, 4.69) is 20.5 Å². The Bertz CT molecular complexity index is 588. The Labute approximate surface area is 85.4 Å². The molecule has 72 valence electrons. The molecule has 3 rings (SSSR count). The Morgan fingerprint density at radius 2 is 1.93 bits per heavy atom. The maximum Gasteiger partial charge on any atom is 0.157 e. The van der Waals surface area contributed by atoms with Gasteiger partial charge in [-0.15, -0.1) is 5.10 Å². The molecule has 0 aliphatic heterocycles. The molecular weight excluding hydrogens is 190 g/mol. The van der Waals surface area contributed by atoms with Crippen LogP contribution in [0.1, 0.15) is 0 Å². The van der Waals surface area contributed by atoms with Gasteiger partial charge in [0.15, 0.2) is 5.82 Å². The van der Waals surface area contributed by atoms with E-state index in [9.17, 15) is 0 Å². The van der Waals surface area contributed by atoms with Crippen molar-refractivity contribution in [2.45, 2.75) is 0 Å². The molecule has 5 heteroatoms. The van der Waals surface area contributed by atoms with Gasteiger partial charge in [-0.05, 0) is 28.6 Å². The first-order valence-corrected chi connectivity index (χ1v) is 4.53. The van der Waals surface area contributed by atoms with Crippen LogP contribution in [0.4, 0.5) is 0 Å². The largest absolute Gasteiger partial charge is 0.229 e. The van der Waals surface area contributed by atoms with Crippen molar-refractivity contribution >= 4 is 10.9 Å². The molecule has 0 N–H and O–H groups in total. The third-order valence-corrected chi connectivity index (χ3v) is 2.17. The second kappa shape index (κ2) is 3.13. The Morgan fingerprint density at radius 1 is 1.00 bits per heavy atom. The summed E-state index contributed by atoms with van der Waals surface area (Å²) in [5.74, 6) is 0.721. The van der Waals surface area contributed by atoms with Gasteiger partial charge < -0.3 is 0 Å². The minimum atomic E-state index is 0.721. The fourth-order valence-corrected chi connectivity index (χ4v) is 1.45. The first-order chi connectivity index (χ1) is 7.43. The standard InChI is InChI=1S/C10H7N5/c1-2-4-9-8(3-1)5-6-10(12-9)15-7-11-13-14-15/h1-7H. The van der Waals surface area contributed by atoms with E-state index >= 15 is 0 Å². The maximum atomic E-state index is 4.44. The van der Waals surface area contributed by atoms with Gasteiger partial charge in [-0.2, -0.15) is 4.68 Å². The van der Waals surface area contributed by atoms with Crippen LogP contribution in [0, 0.1) is 0 Å². The number of tetrazole rings is 1. The number of pyridine rings is 1. The van der Waals surface area contributed by atoms with Crippen molar-refractivity contribution in [1.29, 1.82) is 0 Å². The van der Waals surface area contributed by atoms with E-state index in [1.807, 2.05) is 36.4 Å². The van der Waals surface area contributed by atoms with Crippen molar-refractivity contribution < 1.29 is 0 Å². The van der Waals surface area contributed by atoms with Crippen LogP contribution in [-0.2, 0) is 0 Å². The van der Waals surface area contributed by atoms with Gasteiger partial charge >= 0.3 is 0 Å². The van der Waals surface area contributed by atoms with Gasteiger partial charge in [0, 0.05) is 5.39 Å². The number of fused-ring (bicyclic) bond motifs is 1. The maximum absolute atomic E-state index is 4.44. The lowest BCUT2D eigenvalue weighted by atomic mass is 10.2. The summed E-state index contributed by atoms with van der Waals surface area (Å²) in [5, 5.41) is 12.0.